The van der Waals surface area contributed by atoms with E-state index < -0.39 is 0 Å². The van der Waals surface area contributed by atoms with Crippen LogP contribution in [0, 0.1) is 0 Å². The Bertz CT molecular complexity index is 411. The zero-order valence-electron chi connectivity index (χ0n) is 9.98. The lowest BCUT2D eigenvalue weighted by molar-refractivity contribution is 0.0717. The summed E-state index contributed by atoms with van der Waals surface area (Å²) >= 11 is 0. The Kier molecular flexibility index (Phi) is 3.52. The highest BCUT2D eigenvalue weighted by Crippen LogP contribution is 2.29. The average Bonchev–Trinajstić information content (AvgIpc) is 2.38. The lowest BCUT2D eigenvalue weighted by Gasteiger charge is -2.27. The molecule has 1 aliphatic rings. The Morgan fingerprint density at radius 3 is 2.65 bits per heavy atom. The summed E-state index contributed by atoms with van der Waals surface area (Å²) in [4.78, 5) is 14.1. The minimum Gasteiger partial charge on any atom is -0.507 e. The highest BCUT2D eigenvalue weighted by atomic mass is 16.5. The number of aromatic hydroxyl groups is 1. The van der Waals surface area contributed by atoms with Gasteiger partial charge in [0.1, 0.15) is 17.1 Å². The van der Waals surface area contributed by atoms with Crippen molar-refractivity contribution in [3.63, 3.8) is 0 Å². The molecule has 1 amide bonds. The number of ether oxygens (including phenoxy) is 1. The van der Waals surface area contributed by atoms with Gasteiger partial charge in [-0.25, -0.2) is 0 Å². The first-order valence-corrected chi connectivity index (χ1v) is 5.89. The Morgan fingerprint density at radius 2 is 2.00 bits per heavy atom. The van der Waals surface area contributed by atoms with Crippen LogP contribution >= 0.6 is 0 Å². The van der Waals surface area contributed by atoms with Crippen LogP contribution in [0.1, 0.15) is 29.6 Å². The van der Waals surface area contributed by atoms with Gasteiger partial charge in [-0.15, -0.1) is 0 Å². The molecule has 4 heteroatoms. The number of amides is 1. The number of methoxy groups -OCH3 is 1. The fourth-order valence-electron chi connectivity index (χ4n) is 2.16. The predicted octanol–water partition coefficient (Wildman–Crippen LogP) is 2.03. The number of rotatable bonds is 2. The second-order valence-corrected chi connectivity index (χ2v) is 4.21. The molecule has 0 unspecified atom stereocenters. The van der Waals surface area contributed by atoms with E-state index in [9.17, 15) is 9.90 Å². The SMILES string of the molecule is COc1cccc(O)c1C(=O)N1CCCCC1. The molecule has 0 saturated carbocycles. The van der Waals surface area contributed by atoms with Gasteiger partial charge < -0.3 is 14.7 Å². The van der Waals surface area contributed by atoms with Crippen LogP contribution in [0.4, 0.5) is 0 Å². The van der Waals surface area contributed by atoms with Crippen LogP contribution in [-0.4, -0.2) is 36.1 Å². The van der Waals surface area contributed by atoms with E-state index in [4.69, 9.17) is 4.74 Å². The number of phenols is 1. The van der Waals surface area contributed by atoms with E-state index >= 15 is 0 Å². The lowest BCUT2D eigenvalue weighted by Crippen LogP contribution is -2.35. The summed E-state index contributed by atoms with van der Waals surface area (Å²) in [5.41, 5.74) is 0.275. The van der Waals surface area contributed by atoms with Crippen molar-refractivity contribution in [1.29, 1.82) is 0 Å². The topological polar surface area (TPSA) is 49.8 Å². The quantitative estimate of drug-likeness (QED) is 0.853. The van der Waals surface area contributed by atoms with Crippen LogP contribution in [0.2, 0.25) is 0 Å². The Morgan fingerprint density at radius 1 is 1.29 bits per heavy atom. The minimum atomic E-state index is -0.139. The van der Waals surface area contributed by atoms with Crippen LogP contribution < -0.4 is 4.74 Å². The summed E-state index contributed by atoms with van der Waals surface area (Å²) in [6.07, 6.45) is 3.23. The molecule has 1 aromatic rings. The normalized spacial score (nSPS) is 15.7. The number of hydrogen-bond acceptors (Lipinski definition) is 3. The van der Waals surface area contributed by atoms with E-state index in [1.165, 1.54) is 19.6 Å². The zero-order chi connectivity index (χ0) is 12.3. The third kappa shape index (κ3) is 2.35. The third-order valence-electron chi connectivity index (χ3n) is 3.08. The molecule has 1 heterocycles. The molecule has 2 rings (SSSR count). The fourth-order valence-corrected chi connectivity index (χ4v) is 2.16. The van der Waals surface area contributed by atoms with E-state index in [0.29, 0.717) is 5.75 Å². The first-order valence-electron chi connectivity index (χ1n) is 5.89. The standard InChI is InChI=1S/C13H17NO3/c1-17-11-7-5-6-10(15)12(11)13(16)14-8-3-2-4-9-14/h5-7,15H,2-4,8-9H2,1H3. The van der Waals surface area contributed by atoms with Gasteiger partial charge in [0, 0.05) is 13.1 Å². The number of phenolic OH excluding ortho intramolecular Hbond substituents is 1. The van der Waals surface area contributed by atoms with Crippen molar-refractivity contribution in [2.24, 2.45) is 0 Å². The Balaban J connectivity index is 2.29. The van der Waals surface area contributed by atoms with E-state index in [-0.39, 0.29) is 17.2 Å². The van der Waals surface area contributed by atoms with Crippen molar-refractivity contribution in [2.45, 2.75) is 19.3 Å². The molecular weight excluding hydrogens is 218 g/mol. The molecule has 92 valence electrons. The van der Waals surface area contributed by atoms with E-state index in [1.54, 1.807) is 17.0 Å². The number of piperidine rings is 1. The van der Waals surface area contributed by atoms with Gasteiger partial charge in [-0.1, -0.05) is 6.07 Å². The molecular formula is C13H17NO3. The second-order valence-electron chi connectivity index (χ2n) is 4.21. The van der Waals surface area contributed by atoms with Crippen molar-refractivity contribution in [2.75, 3.05) is 20.2 Å². The molecule has 0 aliphatic carbocycles. The summed E-state index contributed by atoms with van der Waals surface area (Å²) < 4.78 is 5.13. The molecule has 4 nitrogen and oxygen atoms in total. The van der Waals surface area contributed by atoms with Gasteiger partial charge in [-0.05, 0) is 31.4 Å². The summed E-state index contributed by atoms with van der Waals surface area (Å²) in [6.45, 7) is 1.52. The van der Waals surface area contributed by atoms with Gasteiger partial charge in [-0.3, -0.25) is 4.79 Å². The molecule has 0 atom stereocenters. The van der Waals surface area contributed by atoms with Crippen LogP contribution in [0.25, 0.3) is 0 Å². The summed E-state index contributed by atoms with van der Waals surface area (Å²) in [7, 11) is 1.50. The fraction of sp³-hybridized carbons (Fsp3) is 0.462. The van der Waals surface area contributed by atoms with Crippen LogP contribution in [0.3, 0.4) is 0 Å². The molecule has 0 aromatic heterocycles. The number of carbonyl (C=O) groups is 1. The van der Waals surface area contributed by atoms with Crippen molar-refractivity contribution >= 4 is 5.91 Å². The second kappa shape index (κ2) is 5.08. The highest BCUT2D eigenvalue weighted by Gasteiger charge is 2.24. The van der Waals surface area contributed by atoms with Crippen molar-refractivity contribution in [3.05, 3.63) is 23.8 Å². The maximum absolute atomic E-state index is 12.3. The predicted molar refractivity (Wildman–Crippen MR) is 64.4 cm³/mol. The molecule has 1 saturated heterocycles. The average molecular weight is 235 g/mol. The summed E-state index contributed by atoms with van der Waals surface area (Å²) in [5, 5.41) is 9.80. The highest BCUT2D eigenvalue weighted by molar-refractivity contribution is 5.99. The molecule has 0 spiro atoms. The minimum absolute atomic E-state index is 0.0140. The molecule has 1 N–H and O–H groups in total. The van der Waals surface area contributed by atoms with Gasteiger partial charge in [0.15, 0.2) is 0 Å². The molecule has 17 heavy (non-hydrogen) atoms. The van der Waals surface area contributed by atoms with Gasteiger partial charge in [-0.2, -0.15) is 0 Å². The Hall–Kier alpha value is -1.71. The summed E-state index contributed by atoms with van der Waals surface area (Å²) in [6, 6.07) is 4.87. The maximum atomic E-state index is 12.3. The lowest BCUT2D eigenvalue weighted by atomic mass is 10.1. The number of likely N-dealkylation sites (tertiary alicyclic amines) is 1. The molecule has 0 radical (unpaired) electrons. The van der Waals surface area contributed by atoms with Crippen LogP contribution in [-0.2, 0) is 0 Å². The van der Waals surface area contributed by atoms with Crippen molar-refractivity contribution in [1.82, 2.24) is 4.90 Å². The number of benzene rings is 1. The molecule has 1 aliphatic heterocycles. The maximum Gasteiger partial charge on any atom is 0.261 e. The monoisotopic (exact) mass is 235 g/mol. The molecule has 0 bridgehead atoms. The van der Waals surface area contributed by atoms with Gasteiger partial charge in [0.05, 0.1) is 7.11 Å². The number of carbonyl (C=O) groups excluding carboxylic acids is 1. The van der Waals surface area contributed by atoms with Crippen LogP contribution in [0.15, 0.2) is 18.2 Å². The van der Waals surface area contributed by atoms with Gasteiger partial charge in [0.2, 0.25) is 0 Å². The Labute approximate surface area is 101 Å². The van der Waals surface area contributed by atoms with Crippen molar-refractivity contribution in [3.8, 4) is 11.5 Å². The van der Waals surface area contributed by atoms with E-state index in [0.717, 1.165) is 25.9 Å². The van der Waals surface area contributed by atoms with E-state index in [1.807, 2.05) is 0 Å². The zero-order valence-corrected chi connectivity index (χ0v) is 9.98. The number of hydrogen-bond donors (Lipinski definition) is 1. The third-order valence-corrected chi connectivity index (χ3v) is 3.08. The van der Waals surface area contributed by atoms with E-state index in [2.05, 4.69) is 0 Å². The smallest absolute Gasteiger partial charge is 0.261 e. The molecule has 1 fully saturated rings. The number of nitrogens with zero attached hydrogens (tertiary/aromatic N) is 1. The molecule has 1 aromatic carbocycles. The van der Waals surface area contributed by atoms with Gasteiger partial charge >= 0.3 is 0 Å². The summed E-state index contributed by atoms with van der Waals surface area (Å²) in [5.74, 6) is 0.278. The van der Waals surface area contributed by atoms with Gasteiger partial charge in [0.25, 0.3) is 5.91 Å². The van der Waals surface area contributed by atoms with Crippen molar-refractivity contribution < 1.29 is 14.6 Å². The van der Waals surface area contributed by atoms with Crippen LogP contribution in [0.5, 0.6) is 11.5 Å². The largest absolute Gasteiger partial charge is 0.507 e. The first-order chi connectivity index (χ1) is 8.24. The first kappa shape index (κ1) is 11.8.